The zero-order chi connectivity index (χ0) is 19.6. The van der Waals surface area contributed by atoms with Crippen molar-refractivity contribution >= 4 is 34.0 Å². The van der Waals surface area contributed by atoms with Crippen LogP contribution in [-0.2, 0) is 22.4 Å². The molecule has 0 spiro atoms. The van der Waals surface area contributed by atoms with Gasteiger partial charge in [0.2, 0.25) is 16.9 Å². The van der Waals surface area contributed by atoms with Gasteiger partial charge in [-0.05, 0) is 23.5 Å². The Labute approximate surface area is 164 Å². The van der Waals surface area contributed by atoms with Gasteiger partial charge >= 0.3 is 0 Å². The monoisotopic (exact) mass is 386 g/mol. The zero-order valence-corrected chi connectivity index (χ0v) is 17.1. The fourth-order valence-electron chi connectivity index (χ4n) is 3.23. The molecule has 2 heterocycles. The first kappa shape index (κ1) is 19.5. The number of para-hydroxylation sites is 1. The smallest absolute Gasteiger partial charge is 0.231 e. The van der Waals surface area contributed by atoms with E-state index in [1.165, 1.54) is 11.3 Å². The van der Waals surface area contributed by atoms with E-state index in [4.69, 9.17) is 0 Å². The first-order chi connectivity index (χ1) is 12.8. The maximum Gasteiger partial charge on any atom is 0.231 e. The predicted octanol–water partition coefficient (Wildman–Crippen LogP) is 3.68. The fraction of sp³-hybridized carbons (Fsp3) is 0.500. The minimum atomic E-state index is -0.377. The summed E-state index contributed by atoms with van der Waals surface area (Å²) in [5.74, 6) is -0.558. The van der Waals surface area contributed by atoms with Gasteiger partial charge in [0.1, 0.15) is 5.01 Å². The molecule has 6 nitrogen and oxygen atoms in total. The van der Waals surface area contributed by atoms with Crippen molar-refractivity contribution in [3.63, 3.8) is 0 Å². The van der Waals surface area contributed by atoms with E-state index in [0.717, 1.165) is 29.1 Å². The van der Waals surface area contributed by atoms with Gasteiger partial charge in [-0.3, -0.25) is 9.59 Å². The molecule has 3 rings (SSSR count). The van der Waals surface area contributed by atoms with Crippen LogP contribution < -0.4 is 10.2 Å². The van der Waals surface area contributed by atoms with Crippen LogP contribution in [0.25, 0.3) is 0 Å². The van der Waals surface area contributed by atoms with Gasteiger partial charge in [0.15, 0.2) is 0 Å². The molecule has 2 aromatic rings. The molecule has 1 aliphatic rings. The van der Waals surface area contributed by atoms with E-state index < -0.39 is 0 Å². The largest absolute Gasteiger partial charge is 0.311 e. The highest BCUT2D eigenvalue weighted by atomic mass is 32.1. The number of nitrogens with one attached hydrogen (secondary N) is 1. The van der Waals surface area contributed by atoms with Gasteiger partial charge in [-0.2, -0.15) is 0 Å². The second-order valence-corrected chi connectivity index (χ2v) is 9.18. The van der Waals surface area contributed by atoms with Crippen LogP contribution in [0.5, 0.6) is 0 Å². The zero-order valence-electron chi connectivity index (χ0n) is 16.3. The number of nitrogens with zero attached hydrogens (tertiary/aromatic N) is 3. The lowest BCUT2D eigenvalue weighted by molar-refractivity contribution is -0.122. The second kappa shape index (κ2) is 7.76. The summed E-state index contributed by atoms with van der Waals surface area (Å²) in [5, 5.41) is 12.5. The summed E-state index contributed by atoms with van der Waals surface area (Å²) in [6.45, 7) is 8.88. The number of benzene rings is 1. The molecule has 1 aromatic carbocycles. The third-order valence-electron chi connectivity index (χ3n) is 4.54. The summed E-state index contributed by atoms with van der Waals surface area (Å²) in [4.78, 5) is 26.9. The van der Waals surface area contributed by atoms with Gasteiger partial charge in [0.25, 0.3) is 0 Å². The summed E-state index contributed by atoms with van der Waals surface area (Å²) in [6.07, 6.45) is 1.87. The summed E-state index contributed by atoms with van der Waals surface area (Å²) in [5.41, 5.74) is 2.14. The van der Waals surface area contributed by atoms with Gasteiger partial charge in [-0.25, -0.2) is 0 Å². The Balaban J connectivity index is 1.66. The average molecular weight is 387 g/mol. The number of amides is 2. The summed E-state index contributed by atoms with van der Waals surface area (Å²) < 4.78 is 0. The lowest BCUT2D eigenvalue weighted by Crippen LogP contribution is -2.28. The van der Waals surface area contributed by atoms with E-state index in [2.05, 4.69) is 43.2 Å². The van der Waals surface area contributed by atoms with Gasteiger partial charge in [-0.1, -0.05) is 57.2 Å². The Morgan fingerprint density at radius 2 is 2.04 bits per heavy atom. The Morgan fingerprint density at radius 1 is 1.30 bits per heavy atom. The van der Waals surface area contributed by atoms with Crippen molar-refractivity contribution in [3.8, 4) is 0 Å². The molecule has 1 atom stereocenters. The first-order valence-electron chi connectivity index (χ1n) is 9.28. The van der Waals surface area contributed by atoms with Crippen LogP contribution in [0, 0.1) is 11.3 Å². The van der Waals surface area contributed by atoms with Crippen molar-refractivity contribution in [2.45, 2.75) is 47.0 Å². The van der Waals surface area contributed by atoms with Crippen LogP contribution in [0.1, 0.15) is 44.7 Å². The van der Waals surface area contributed by atoms with Crippen LogP contribution in [-0.4, -0.2) is 28.6 Å². The summed E-state index contributed by atoms with van der Waals surface area (Å²) in [6, 6.07) is 7.86. The number of hydrogen-bond donors (Lipinski definition) is 1. The Hall–Kier alpha value is -2.28. The van der Waals surface area contributed by atoms with Crippen molar-refractivity contribution in [1.82, 2.24) is 10.2 Å². The molecule has 1 N–H and O–H groups in total. The summed E-state index contributed by atoms with van der Waals surface area (Å²) >= 11 is 1.40. The quantitative estimate of drug-likeness (QED) is 0.850. The molecule has 0 bridgehead atoms. The summed E-state index contributed by atoms with van der Waals surface area (Å²) in [7, 11) is 0. The van der Waals surface area contributed by atoms with Crippen molar-refractivity contribution in [2.24, 2.45) is 11.3 Å². The molecular formula is C20H26N4O2S. The number of anilines is 2. The van der Waals surface area contributed by atoms with E-state index in [9.17, 15) is 9.59 Å². The number of aryl methyl sites for hydroxylation is 1. The van der Waals surface area contributed by atoms with E-state index in [1.807, 2.05) is 24.3 Å². The number of hydrogen-bond acceptors (Lipinski definition) is 5. The van der Waals surface area contributed by atoms with Crippen LogP contribution in [0.15, 0.2) is 24.3 Å². The molecule has 1 aromatic heterocycles. The number of carbonyl (C=O) groups is 2. The molecule has 0 aliphatic carbocycles. The molecule has 1 saturated heterocycles. The highest BCUT2D eigenvalue weighted by molar-refractivity contribution is 7.15. The average Bonchev–Trinajstić information content (AvgIpc) is 3.19. The number of aromatic nitrogens is 2. The Kier molecular flexibility index (Phi) is 5.60. The van der Waals surface area contributed by atoms with Crippen LogP contribution >= 0.6 is 11.3 Å². The Morgan fingerprint density at radius 3 is 2.74 bits per heavy atom. The van der Waals surface area contributed by atoms with Gasteiger partial charge in [0.05, 0.1) is 5.92 Å². The number of carbonyl (C=O) groups excluding carboxylic acids is 2. The molecule has 144 valence electrons. The molecule has 0 saturated carbocycles. The van der Waals surface area contributed by atoms with Crippen LogP contribution in [0.2, 0.25) is 0 Å². The topological polar surface area (TPSA) is 75.2 Å². The maximum atomic E-state index is 12.6. The molecular weight excluding hydrogens is 360 g/mol. The number of rotatable bonds is 5. The molecule has 0 radical (unpaired) electrons. The third kappa shape index (κ3) is 4.71. The third-order valence-corrected chi connectivity index (χ3v) is 5.38. The minimum Gasteiger partial charge on any atom is -0.311 e. The van der Waals surface area contributed by atoms with E-state index in [1.54, 1.807) is 4.90 Å². The van der Waals surface area contributed by atoms with Crippen molar-refractivity contribution in [3.05, 3.63) is 34.8 Å². The molecule has 2 amide bonds. The van der Waals surface area contributed by atoms with Gasteiger partial charge in [-0.15, -0.1) is 10.2 Å². The molecule has 1 unspecified atom stereocenters. The first-order valence-corrected chi connectivity index (χ1v) is 10.1. The van der Waals surface area contributed by atoms with E-state index >= 15 is 0 Å². The molecule has 1 fully saturated rings. The van der Waals surface area contributed by atoms with Gasteiger partial charge in [0, 0.05) is 25.1 Å². The van der Waals surface area contributed by atoms with Gasteiger partial charge < -0.3 is 10.2 Å². The maximum absolute atomic E-state index is 12.6. The molecule has 27 heavy (non-hydrogen) atoms. The lowest BCUT2D eigenvalue weighted by Gasteiger charge is -2.19. The standard InChI is InChI=1S/C20H26N4O2S/c1-5-13-8-6-7-9-15(13)24-12-14(10-17(24)25)18(26)21-19-23-22-16(27-19)11-20(2,3)4/h6-9,14H,5,10-12H2,1-4H3,(H,21,23,26). The SMILES string of the molecule is CCc1ccccc1N1CC(C(=O)Nc2nnc(CC(C)(C)C)s2)CC1=O. The lowest BCUT2D eigenvalue weighted by atomic mass is 9.93. The van der Waals surface area contributed by atoms with E-state index in [-0.39, 0.29) is 29.6 Å². The predicted molar refractivity (Wildman–Crippen MR) is 108 cm³/mol. The second-order valence-electron chi connectivity index (χ2n) is 8.12. The van der Waals surface area contributed by atoms with Crippen molar-refractivity contribution in [1.29, 1.82) is 0 Å². The minimum absolute atomic E-state index is 0.0123. The molecule has 7 heteroatoms. The molecule has 1 aliphatic heterocycles. The Bertz CT molecular complexity index is 841. The van der Waals surface area contributed by atoms with Crippen LogP contribution in [0.4, 0.5) is 10.8 Å². The fourth-order valence-corrected chi connectivity index (χ4v) is 4.27. The van der Waals surface area contributed by atoms with Crippen LogP contribution in [0.3, 0.4) is 0 Å². The van der Waals surface area contributed by atoms with Crippen molar-refractivity contribution < 1.29 is 9.59 Å². The van der Waals surface area contributed by atoms with E-state index in [0.29, 0.717) is 11.7 Å². The normalized spacial score (nSPS) is 17.4. The highest BCUT2D eigenvalue weighted by Crippen LogP contribution is 2.30. The van der Waals surface area contributed by atoms with Crippen molar-refractivity contribution in [2.75, 3.05) is 16.8 Å². The highest BCUT2D eigenvalue weighted by Gasteiger charge is 2.36.